The highest BCUT2D eigenvalue weighted by atomic mass is 19.1. The number of nitrogens with one attached hydrogen (secondary N) is 1. The number of halogens is 1. The Morgan fingerprint density at radius 2 is 1.89 bits per heavy atom. The van der Waals surface area contributed by atoms with Crippen LogP contribution in [0.25, 0.3) is 10.9 Å². The molecule has 28 heavy (non-hydrogen) atoms. The fraction of sp³-hybridized carbons (Fsp3) is 0.333. The van der Waals surface area contributed by atoms with Crippen LogP contribution in [0.5, 0.6) is 0 Å². The summed E-state index contributed by atoms with van der Waals surface area (Å²) in [5.74, 6) is -0.328. The van der Waals surface area contributed by atoms with Crippen molar-refractivity contribution in [2.24, 2.45) is 0 Å². The number of hydrogen-bond donors (Lipinski definition) is 1. The molecule has 0 unspecified atom stereocenters. The average molecular weight is 376 g/mol. The number of nitrogens with zero attached hydrogens (tertiary/aromatic N) is 1. The van der Waals surface area contributed by atoms with Gasteiger partial charge >= 0.3 is 0 Å². The molecule has 0 bridgehead atoms. The van der Waals surface area contributed by atoms with Crippen molar-refractivity contribution in [2.75, 3.05) is 0 Å². The molecular formula is C24H25FN2O. The van der Waals surface area contributed by atoms with Crippen molar-refractivity contribution in [2.45, 2.75) is 51.0 Å². The predicted molar refractivity (Wildman–Crippen MR) is 110 cm³/mol. The van der Waals surface area contributed by atoms with Crippen molar-refractivity contribution in [3.63, 3.8) is 0 Å². The monoisotopic (exact) mass is 376 g/mol. The third-order valence-corrected chi connectivity index (χ3v) is 5.88. The first-order valence-corrected chi connectivity index (χ1v) is 9.97. The van der Waals surface area contributed by atoms with Crippen molar-refractivity contribution in [3.8, 4) is 0 Å². The maximum atomic E-state index is 13.8. The fourth-order valence-corrected chi connectivity index (χ4v) is 4.28. The summed E-state index contributed by atoms with van der Waals surface area (Å²) >= 11 is 0. The van der Waals surface area contributed by atoms with Gasteiger partial charge in [0.05, 0.1) is 11.1 Å². The lowest BCUT2D eigenvalue weighted by Gasteiger charge is -2.39. The average Bonchev–Trinajstić information content (AvgIpc) is 2.71. The van der Waals surface area contributed by atoms with E-state index >= 15 is 0 Å². The number of amides is 1. The molecule has 0 spiro atoms. The molecule has 1 aliphatic carbocycles. The maximum absolute atomic E-state index is 13.8. The summed E-state index contributed by atoms with van der Waals surface area (Å²) in [7, 11) is 0. The van der Waals surface area contributed by atoms with Crippen LogP contribution in [0.2, 0.25) is 0 Å². The third kappa shape index (κ3) is 3.91. The highest BCUT2D eigenvalue weighted by Crippen LogP contribution is 2.33. The molecule has 1 amide bonds. The van der Waals surface area contributed by atoms with E-state index in [1.807, 2.05) is 43.3 Å². The first kappa shape index (κ1) is 18.6. The van der Waals surface area contributed by atoms with E-state index in [1.54, 1.807) is 12.3 Å². The predicted octanol–water partition coefficient (Wildman–Crippen LogP) is 5.36. The molecule has 1 aliphatic rings. The summed E-state index contributed by atoms with van der Waals surface area (Å²) in [5, 5.41) is 4.26. The van der Waals surface area contributed by atoms with E-state index in [0.29, 0.717) is 12.0 Å². The zero-order valence-electron chi connectivity index (χ0n) is 16.2. The largest absolute Gasteiger partial charge is 0.346 e. The van der Waals surface area contributed by atoms with Crippen LogP contribution >= 0.6 is 0 Å². The standard InChI is InChI=1S/C24H25FN2O/c1-17-9-10-21(25)14-19(17)15-24(11-5-2-6-12-24)27-23(28)20-13-18-7-3-4-8-22(18)26-16-20/h3-4,7-10,13-14,16H,2,5-6,11-12,15H2,1H3,(H,27,28). The molecule has 0 saturated heterocycles. The summed E-state index contributed by atoms with van der Waals surface area (Å²) in [6.07, 6.45) is 7.45. The number of para-hydroxylation sites is 1. The van der Waals surface area contributed by atoms with E-state index < -0.39 is 0 Å². The van der Waals surface area contributed by atoms with Gasteiger partial charge in [-0.3, -0.25) is 9.78 Å². The van der Waals surface area contributed by atoms with Gasteiger partial charge < -0.3 is 5.32 Å². The molecule has 3 aromatic rings. The SMILES string of the molecule is Cc1ccc(F)cc1CC1(NC(=O)c2cnc3ccccc3c2)CCCCC1. The Kier molecular flexibility index (Phi) is 5.12. The lowest BCUT2D eigenvalue weighted by molar-refractivity contribution is 0.0868. The number of hydrogen-bond acceptors (Lipinski definition) is 2. The van der Waals surface area contributed by atoms with Gasteiger partial charge in [0, 0.05) is 17.1 Å². The Morgan fingerprint density at radius 3 is 2.71 bits per heavy atom. The van der Waals surface area contributed by atoms with Crippen molar-refractivity contribution in [3.05, 3.63) is 77.2 Å². The zero-order chi connectivity index (χ0) is 19.6. The summed E-state index contributed by atoms with van der Waals surface area (Å²) in [5.41, 5.74) is 3.15. The number of fused-ring (bicyclic) bond motifs is 1. The van der Waals surface area contributed by atoms with Gasteiger partial charge in [-0.1, -0.05) is 43.5 Å². The Labute approximate surface area is 165 Å². The lowest BCUT2D eigenvalue weighted by Crippen LogP contribution is -2.51. The molecule has 2 aromatic carbocycles. The normalized spacial score (nSPS) is 16.1. The van der Waals surface area contributed by atoms with E-state index in [2.05, 4.69) is 10.3 Å². The number of pyridine rings is 1. The minimum Gasteiger partial charge on any atom is -0.346 e. The second-order valence-corrected chi connectivity index (χ2v) is 7.96. The summed E-state index contributed by atoms with van der Waals surface area (Å²) in [6, 6.07) is 14.6. The number of benzene rings is 2. The minimum absolute atomic E-state index is 0.103. The van der Waals surface area contributed by atoms with E-state index in [9.17, 15) is 9.18 Å². The van der Waals surface area contributed by atoms with Crippen molar-refractivity contribution >= 4 is 16.8 Å². The minimum atomic E-state index is -0.334. The first-order valence-electron chi connectivity index (χ1n) is 9.97. The topological polar surface area (TPSA) is 42.0 Å². The molecule has 3 nitrogen and oxygen atoms in total. The first-order chi connectivity index (χ1) is 13.5. The van der Waals surface area contributed by atoms with Gasteiger partial charge in [0.15, 0.2) is 0 Å². The molecule has 4 rings (SSSR count). The van der Waals surface area contributed by atoms with Crippen LogP contribution in [-0.4, -0.2) is 16.4 Å². The second-order valence-electron chi connectivity index (χ2n) is 7.96. The van der Waals surface area contributed by atoms with E-state index in [1.165, 1.54) is 12.5 Å². The Balaban J connectivity index is 1.61. The number of carbonyl (C=O) groups excluding carboxylic acids is 1. The maximum Gasteiger partial charge on any atom is 0.253 e. The van der Waals surface area contributed by atoms with Gasteiger partial charge in [-0.15, -0.1) is 0 Å². The van der Waals surface area contributed by atoms with Crippen LogP contribution in [-0.2, 0) is 6.42 Å². The quantitative estimate of drug-likeness (QED) is 0.666. The highest BCUT2D eigenvalue weighted by Gasteiger charge is 2.34. The molecule has 1 aromatic heterocycles. The van der Waals surface area contributed by atoms with Crippen LogP contribution < -0.4 is 5.32 Å². The van der Waals surface area contributed by atoms with Gasteiger partial charge in [-0.2, -0.15) is 0 Å². The molecule has 1 N–H and O–H groups in total. The van der Waals surface area contributed by atoms with Crippen LogP contribution in [0.1, 0.15) is 53.6 Å². The van der Waals surface area contributed by atoms with E-state index in [4.69, 9.17) is 0 Å². The fourth-order valence-electron chi connectivity index (χ4n) is 4.28. The van der Waals surface area contributed by atoms with Gasteiger partial charge in [-0.05, 0) is 61.6 Å². The Hall–Kier alpha value is -2.75. The van der Waals surface area contributed by atoms with E-state index in [0.717, 1.165) is 47.7 Å². The van der Waals surface area contributed by atoms with Gasteiger partial charge in [0.25, 0.3) is 5.91 Å². The molecule has 0 radical (unpaired) electrons. The van der Waals surface area contributed by atoms with Crippen LogP contribution in [0.15, 0.2) is 54.7 Å². The van der Waals surface area contributed by atoms with Gasteiger partial charge in [0.1, 0.15) is 5.82 Å². The number of rotatable bonds is 4. The summed E-state index contributed by atoms with van der Waals surface area (Å²) < 4.78 is 13.8. The zero-order valence-corrected chi connectivity index (χ0v) is 16.2. The number of aryl methyl sites for hydroxylation is 1. The molecule has 1 fully saturated rings. The van der Waals surface area contributed by atoms with Gasteiger partial charge in [0.2, 0.25) is 0 Å². The van der Waals surface area contributed by atoms with Crippen molar-refractivity contribution < 1.29 is 9.18 Å². The van der Waals surface area contributed by atoms with E-state index in [-0.39, 0.29) is 17.3 Å². The smallest absolute Gasteiger partial charge is 0.253 e. The van der Waals surface area contributed by atoms with Gasteiger partial charge in [-0.25, -0.2) is 4.39 Å². The third-order valence-electron chi connectivity index (χ3n) is 5.88. The molecule has 0 aliphatic heterocycles. The number of aromatic nitrogens is 1. The van der Waals surface area contributed by atoms with Crippen molar-refractivity contribution in [1.82, 2.24) is 10.3 Å². The Morgan fingerprint density at radius 1 is 1.11 bits per heavy atom. The van der Waals surface area contributed by atoms with Crippen LogP contribution in [0.4, 0.5) is 4.39 Å². The molecule has 1 saturated carbocycles. The molecular weight excluding hydrogens is 351 g/mol. The van der Waals surface area contributed by atoms with Crippen molar-refractivity contribution in [1.29, 1.82) is 0 Å². The molecule has 0 atom stereocenters. The summed E-state index contributed by atoms with van der Waals surface area (Å²) in [6.45, 7) is 2.00. The molecule has 144 valence electrons. The van der Waals surface area contributed by atoms with Crippen LogP contribution in [0, 0.1) is 12.7 Å². The number of carbonyl (C=O) groups is 1. The highest BCUT2D eigenvalue weighted by molar-refractivity contribution is 5.97. The molecule has 4 heteroatoms. The summed E-state index contributed by atoms with van der Waals surface area (Å²) in [4.78, 5) is 17.5. The lowest BCUT2D eigenvalue weighted by atomic mass is 9.76. The van der Waals surface area contributed by atoms with Crippen LogP contribution in [0.3, 0.4) is 0 Å². The Bertz CT molecular complexity index is 1010. The second kappa shape index (κ2) is 7.70. The molecule has 1 heterocycles.